The summed E-state index contributed by atoms with van der Waals surface area (Å²) < 4.78 is 2.88. The predicted octanol–water partition coefficient (Wildman–Crippen LogP) is 9.15. The van der Waals surface area contributed by atoms with E-state index in [2.05, 4.69) is 127 Å². The molecule has 0 saturated heterocycles. The number of rotatable bonds is 3. The van der Waals surface area contributed by atoms with Gasteiger partial charge in [-0.25, -0.2) is 0 Å². The molecule has 39 heavy (non-hydrogen) atoms. The zero-order chi connectivity index (χ0) is 25.8. The molecule has 0 atom stereocenters. The van der Waals surface area contributed by atoms with Gasteiger partial charge in [-0.05, 0) is 0 Å². The van der Waals surface area contributed by atoms with Crippen molar-refractivity contribution in [3.05, 3.63) is 133 Å². The van der Waals surface area contributed by atoms with Gasteiger partial charge in [0.25, 0.3) is 0 Å². The Morgan fingerprint density at radius 3 is 2.03 bits per heavy atom. The minimum absolute atomic E-state index is 0.253. The second kappa shape index (κ2) is 9.03. The van der Waals surface area contributed by atoms with Crippen molar-refractivity contribution in [3.8, 4) is 33.6 Å². The van der Waals surface area contributed by atoms with Crippen LogP contribution in [0.4, 0.5) is 0 Å². The van der Waals surface area contributed by atoms with E-state index >= 15 is 0 Å². The van der Waals surface area contributed by atoms with E-state index in [0.717, 1.165) is 38.9 Å². The van der Waals surface area contributed by atoms with Crippen LogP contribution in [0.2, 0.25) is 0 Å². The topological polar surface area (TPSA) is 25.8 Å². The van der Waals surface area contributed by atoms with E-state index in [1.807, 2.05) is 6.07 Å². The van der Waals surface area contributed by atoms with E-state index in [-0.39, 0.29) is 14.5 Å². The molecule has 0 unspecified atom stereocenters. The average molecular weight is 562 g/mol. The molecule has 2 aromatic heterocycles. The first-order chi connectivity index (χ1) is 19.3. The average Bonchev–Trinajstić information content (AvgIpc) is 3.39. The van der Waals surface area contributed by atoms with Crippen LogP contribution in [0.15, 0.2) is 133 Å². The minimum atomic E-state index is 0.253. The molecule has 0 amide bonds. The van der Waals surface area contributed by atoms with Gasteiger partial charge >= 0.3 is 233 Å². The van der Waals surface area contributed by atoms with Crippen molar-refractivity contribution >= 4 is 55.6 Å². The second-order valence-electron chi connectivity index (χ2n) is 9.80. The van der Waals surface area contributed by atoms with Crippen LogP contribution in [-0.4, -0.2) is 24.5 Å². The summed E-state index contributed by atoms with van der Waals surface area (Å²) in [5.74, 6) is 0. The van der Waals surface area contributed by atoms with Crippen LogP contribution in [-0.2, 0) is 0 Å². The third kappa shape index (κ3) is 3.71. The second-order valence-corrected chi connectivity index (χ2v) is 12.0. The monoisotopic (exact) mass is 562 g/mol. The Labute approximate surface area is 232 Å². The molecule has 2 nitrogen and oxygen atoms in total. The Hall–Kier alpha value is -4.56. The molecular weight excluding hydrogens is 539 g/mol. The fourth-order valence-electron chi connectivity index (χ4n) is 5.58. The molecule has 0 spiro atoms. The van der Waals surface area contributed by atoms with Gasteiger partial charge in [-0.15, -0.1) is 0 Å². The molecule has 0 radical (unpaired) electrons. The van der Waals surface area contributed by atoms with Gasteiger partial charge < -0.3 is 0 Å². The molecule has 0 bridgehead atoms. The van der Waals surface area contributed by atoms with Crippen molar-refractivity contribution in [1.29, 1.82) is 0 Å². The van der Waals surface area contributed by atoms with E-state index in [1.54, 1.807) is 0 Å². The third-order valence-electron chi connectivity index (χ3n) is 7.46. The summed E-state index contributed by atoms with van der Waals surface area (Å²) in [5.41, 5.74) is 8.50. The Kier molecular flexibility index (Phi) is 5.19. The van der Waals surface area contributed by atoms with E-state index < -0.39 is 0 Å². The van der Waals surface area contributed by atoms with E-state index in [4.69, 9.17) is 9.97 Å². The quantitative estimate of drug-likeness (QED) is 0.159. The van der Waals surface area contributed by atoms with Crippen molar-refractivity contribution in [3.63, 3.8) is 0 Å². The maximum atomic E-state index is 5.34. The van der Waals surface area contributed by atoms with Gasteiger partial charge in [0.1, 0.15) is 0 Å². The number of aromatic nitrogens is 2. The summed E-state index contributed by atoms with van der Waals surface area (Å²) in [5, 5.41) is 4.97. The first kappa shape index (κ1) is 22.4. The van der Waals surface area contributed by atoms with Crippen molar-refractivity contribution < 1.29 is 0 Å². The normalized spacial score (nSPS) is 11.6. The Balaban J connectivity index is 1.41. The molecule has 182 valence electrons. The van der Waals surface area contributed by atoms with Crippen LogP contribution in [0.3, 0.4) is 0 Å². The van der Waals surface area contributed by atoms with E-state index in [9.17, 15) is 0 Å². The molecule has 8 aromatic rings. The van der Waals surface area contributed by atoms with Crippen LogP contribution in [0.1, 0.15) is 0 Å². The maximum absolute atomic E-state index is 5.34. The first-order valence-corrected chi connectivity index (χ1v) is 14.8. The van der Waals surface area contributed by atoms with Gasteiger partial charge in [0.2, 0.25) is 0 Å². The molecule has 0 aliphatic rings. The molecule has 0 N–H and O–H groups in total. The van der Waals surface area contributed by atoms with Gasteiger partial charge in [-0.2, -0.15) is 0 Å². The van der Waals surface area contributed by atoms with Crippen LogP contribution in [0, 0.1) is 0 Å². The van der Waals surface area contributed by atoms with Crippen LogP contribution < -0.4 is 0 Å². The summed E-state index contributed by atoms with van der Waals surface area (Å²) in [4.78, 5) is 10.5. The van der Waals surface area contributed by atoms with Gasteiger partial charge in [0, 0.05) is 0 Å². The van der Waals surface area contributed by atoms with Gasteiger partial charge in [-0.3, -0.25) is 0 Å². The molecule has 0 aliphatic carbocycles. The van der Waals surface area contributed by atoms with Gasteiger partial charge in [-0.1, -0.05) is 0 Å². The van der Waals surface area contributed by atoms with Crippen molar-refractivity contribution in [1.82, 2.24) is 9.97 Å². The van der Waals surface area contributed by atoms with E-state index in [1.165, 1.54) is 35.8 Å². The summed E-state index contributed by atoms with van der Waals surface area (Å²) in [6, 6.07) is 47.4. The van der Waals surface area contributed by atoms with Gasteiger partial charge in [0.15, 0.2) is 0 Å². The van der Waals surface area contributed by atoms with Crippen molar-refractivity contribution in [2.24, 2.45) is 0 Å². The summed E-state index contributed by atoms with van der Waals surface area (Å²) in [6.45, 7) is 0. The third-order valence-corrected chi connectivity index (χ3v) is 10.0. The summed E-state index contributed by atoms with van der Waals surface area (Å²) in [7, 11) is 0. The van der Waals surface area contributed by atoms with E-state index in [0.29, 0.717) is 0 Å². The van der Waals surface area contributed by atoms with Crippen molar-refractivity contribution in [2.75, 3.05) is 0 Å². The molecule has 0 fully saturated rings. The van der Waals surface area contributed by atoms with Crippen LogP contribution in [0.5, 0.6) is 0 Å². The Morgan fingerprint density at radius 1 is 0.462 bits per heavy atom. The molecule has 0 aliphatic heterocycles. The van der Waals surface area contributed by atoms with Crippen LogP contribution in [0.25, 0.3) is 74.7 Å². The number of fused-ring (bicyclic) bond motifs is 6. The zero-order valence-electron chi connectivity index (χ0n) is 21.0. The number of nitrogens with zero attached hydrogens (tertiary/aromatic N) is 2. The fraction of sp³-hybridized carbons (Fsp3) is 0. The summed E-state index contributed by atoms with van der Waals surface area (Å²) in [6.07, 6.45) is 0. The molecular formula is C36H22N2Se. The van der Waals surface area contributed by atoms with Gasteiger partial charge in [0.05, 0.1) is 0 Å². The van der Waals surface area contributed by atoms with Crippen molar-refractivity contribution in [2.45, 2.75) is 0 Å². The Bertz CT molecular complexity index is 2160. The Morgan fingerprint density at radius 2 is 1.18 bits per heavy atom. The SMILES string of the molecule is c1ccc(-c2nc3ccc4ccccc4c3nc2-c2ccc3[se]c4c(-c5ccccc5)cccc4c3c2)cc1. The molecule has 8 rings (SSSR count). The predicted molar refractivity (Wildman–Crippen MR) is 165 cm³/mol. The standard InChI is InChI=1S/C36H22N2Se/c1-3-10-23(11-4-1)28-16-9-17-29-30-22-26(19-21-32(30)39-36(28)29)34-33(25-13-5-2-6-14-25)37-31-20-18-24-12-7-8-15-27(24)35(31)38-34/h1-22H. The number of hydrogen-bond acceptors (Lipinski definition) is 2. The molecule has 3 heteroatoms. The molecule has 6 aromatic carbocycles. The molecule has 2 heterocycles. The molecule has 0 saturated carbocycles. The fourth-order valence-corrected chi connectivity index (χ4v) is 8.14. The van der Waals surface area contributed by atoms with Crippen LogP contribution >= 0.6 is 0 Å². The number of hydrogen-bond donors (Lipinski definition) is 0. The summed E-state index contributed by atoms with van der Waals surface area (Å²) >= 11 is 0.253. The number of benzene rings is 6. The zero-order valence-corrected chi connectivity index (χ0v) is 22.7. The first-order valence-electron chi connectivity index (χ1n) is 13.1.